The molecule has 0 heterocycles. The fourth-order valence-electron chi connectivity index (χ4n) is 2.75. The quantitative estimate of drug-likeness (QED) is 0.804. The second-order valence-electron chi connectivity index (χ2n) is 5.25. The van der Waals surface area contributed by atoms with Crippen molar-refractivity contribution in [3.8, 4) is 0 Å². The van der Waals surface area contributed by atoms with Gasteiger partial charge in [0.05, 0.1) is 10.1 Å². The molecule has 3 rings (SSSR count). The highest BCUT2D eigenvalue weighted by molar-refractivity contribution is 7.92. The molecule has 3 nitrogen and oxygen atoms in total. The van der Waals surface area contributed by atoms with Gasteiger partial charge in [0.25, 0.3) is 0 Å². The number of benzene rings is 2. The number of rotatable bonds is 4. The van der Waals surface area contributed by atoms with E-state index in [1.54, 1.807) is 0 Å². The Morgan fingerprint density at radius 2 is 1.59 bits per heavy atom. The predicted octanol–water partition coefficient (Wildman–Crippen LogP) is 3.23. The van der Waals surface area contributed by atoms with Crippen LogP contribution < -0.4 is 0 Å². The van der Waals surface area contributed by atoms with E-state index in [1.807, 2.05) is 0 Å². The summed E-state index contributed by atoms with van der Waals surface area (Å²) in [7, 11) is -3.63. The molecule has 0 amide bonds. The monoisotopic (exact) mass is 338 g/mol. The molecule has 1 saturated carbocycles. The molecule has 6 heteroatoms. The lowest BCUT2D eigenvalue weighted by molar-refractivity contribution is -0.108. The van der Waals surface area contributed by atoms with Crippen LogP contribution in [-0.4, -0.2) is 20.0 Å². The summed E-state index contributed by atoms with van der Waals surface area (Å²) in [6.45, 7) is 0. The van der Waals surface area contributed by atoms with Crippen LogP contribution in [0, 0.1) is 11.7 Å². The van der Waals surface area contributed by atoms with Crippen molar-refractivity contribution in [2.75, 3.05) is 0 Å². The second-order valence-corrected chi connectivity index (χ2v) is 7.80. The molecule has 0 spiro atoms. The van der Waals surface area contributed by atoms with E-state index < -0.39 is 32.7 Å². The van der Waals surface area contributed by atoms with Gasteiger partial charge >= 0.3 is 0 Å². The first kappa shape index (κ1) is 15.2. The van der Waals surface area contributed by atoms with Crippen LogP contribution in [0.2, 0.25) is 5.02 Å². The van der Waals surface area contributed by atoms with Gasteiger partial charge in [-0.25, -0.2) is 12.8 Å². The average molecular weight is 339 g/mol. The van der Waals surface area contributed by atoms with Crippen LogP contribution in [0.15, 0.2) is 53.4 Å². The highest BCUT2D eigenvalue weighted by Crippen LogP contribution is 2.52. The van der Waals surface area contributed by atoms with Crippen molar-refractivity contribution in [2.24, 2.45) is 5.92 Å². The molecule has 114 valence electrons. The number of hydrogen-bond acceptors (Lipinski definition) is 3. The summed E-state index contributed by atoms with van der Waals surface area (Å²) in [5, 5.41) is -0.367. The Kier molecular flexibility index (Phi) is 3.78. The van der Waals surface area contributed by atoms with Gasteiger partial charge in [0.1, 0.15) is 12.1 Å². The Morgan fingerprint density at radius 1 is 1.00 bits per heavy atom. The lowest BCUT2D eigenvalue weighted by Gasteiger charge is -2.04. The van der Waals surface area contributed by atoms with Gasteiger partial charge in [0, 0.05) is 16.9 Å². The van der Waals surface area contributed by atoms with Gasteiger partial charge in [0.15, 0.2) is 9.84 Å². The SMILES string of the molecule is O=CC1C(c2ccc(F)cc2)C1S(=O)(=O)c1ccc(Cl)cc1. The van der Waals surface area contributed by atoms with E-state index in [1.165, 1.54) is 48.5 Å². The molecular weight excluding hydrogens is 327 g/mol. The summed E-state index contributed by atoms with van der Waals surface area (Å²) in [4.78, 5) is 11.3. The van der Waals surface area contributed by atoms with Crippen molar-refractivity contribution in [1.29, 1.82) is 0 Å². The van der Waals surface area contributed by atoms with Crippen LogP contribution in [0.25, 0.3) is 0 Å². The minimum Gasteiger partial charge on any atom is -0.303 e. The van der Waals surface area contributed by atoms with Gasteiger partial charge in [-0.15, -0.1) is 0 Å². The van der Waals surface area contributed by atoms with Crippen LogP contribution in [0.5, 0.6) is 0 Å². The van der Waals surface area contributed by atoms with E-state index in [9.17, 15) is 17.6 Å². The third-order valence-electron chi connectivity index (χ3n) is 3.92. The number of carbonyl (C=O) groups excluding carboxylic acids is 1. The Labute approximate surface area is 132 Å². The summed E-state index contributed by atoms with van der Waals surface area (Å²) >= 11 is 5.77. The smallest absolute Gasteiger partial charge is 0.182 e. The Balaban J connectivity index is 1.95. The molecule has 2 aromatic carbocycles. The van der Waals surface area contributed by atoms with Crippen molar-refractivity contribution in [2.45, 2.75) is 16.1 Å². The lowest BCUT2D eigenvalue weighted by Crippen LogP contribution is -2.11. The Hall–Kier alpha value is -1.72. The van der Waals surface area contributed by atoms with Crippen LogP contribution in [0.4, 0.5) is 4.39 Å². The zero-order chi connectivity index (χ0) is 15.9. The third-order valence-corrected chi connectivity index (χ3v) is 6.42. The molecule has 0 saturated heterocycles. The molecule has 22 heavy (non-hydrogen) atoms. The molecule has 3 unspecified atom stereocenters. The van der Waals surface area contributed by atoms with Crippen LogP contribution >= 0.6 is 11.6 Å². The van der Waals surface area contributed by atoms with Gasteiger partial charge in [-0.1, -0.05) is 23.7 Å². The maximum Gasteiger partial charge on any atom is 0.182 e. The Morgan fingerprint density at radius 3 is 2.14 bits per heavy atom. The van der Waals surface area contributed by atoms with Crippen molar-refractivity contribution in [1.82, 2.24) is 0 Å². The van der Waals surface area contributed by atoms with E-state index in [4.69, 9.17) is 11.6 Å². The van der Waals surface area contributed by atoms with E-state index >= 15 is 0 Å². The summed E-state index contributed by atoms with van der Waals surface area (Å²) in [5.74, 6) is -1.44. The molecule has 2 aromatic rings. The standard InChI is InChI=1S/C16H12ClFO3S/c17-11-3-7-13(8-4-11)22(20,21)16-14(9-19)15(16)10-1-5-12(18)6-2-10/h1-9,14-16H. The first-order valence-electron chi connectivity index (χ1n) is 6.65. The minimum absolute atomic E-state index is 0.137. The highest BCUT2D eigenvalue weighted by atomic mass is 35.5. The number of sulfone groups is 1. The van der Waals surface area contributed by atoms with Gasteiger partial charge in [-0.2, -0.15) is 0 Å². The predicted molar refractivity (Wildman–Crippen MR) is 81.1 cm³/mol. The average Bonchev–Trinajstić information content (AvgIpc) is 3.24. The number of halogens is 2. The number of carbonyl (C=O) groups is 1. The molecule has 0 aliphatic heterocycles. The largest absolute Gasteiger partial charge is 0.303 e. The summed E-state index contributed by atoms with van der Waals surface area (Å²) in [6, 6.07) is 11.4. The normalized spacial score (nSPS) is 24.0. The Bertz CT molecular complexity index is 800. The lowest BCUT2D eigenvalue weighted by atomic mass is 10.1. The first-order chi connectivity index (χ1) is 10.4. The van der Waals surface area contributed by atoms with Crippen molar-refractivity contribution in [3.05, 3.63) is 64.9 Å². The van der Waals surface area contributed by atoms with E-state index in [0.717, 1.165) is 0 Å². The third kappa shape index (κ3) is 2.55. The zero-order valence-corrected chi connectivity index (χ0v) is 12.9. The molecular formula is C16H12ClFO3S. The molecule has 0 bridgehead atoms. The number of hydrogen-bond donors (Lipinski definition) is 0. The van der Waals surface area contributed by atoms with Gasteiger partial charge < -0.3 is 4.79 Å². The highest BCUT2D eigenvalue weighted by Gasteiger charge is 2.59. The van der Waals surface area contributed by atoms with E-state index in [2.05, 4.69) is 0 Å². The van der Waals surface area contributed by atoms with Gasteiger partial charge in [-0.05, 0) is 42.0 Å². The maximum atomic E-state index is 13.0. The molecule has 3 atom stereocenters. The molecule has 0 N–H and O–H groups in total. The number of aldehydes is 1. The molecule has 1 aliphatic rings. The van der Waals surface area contributed by atoms with E-state index in [-0.39, 0.29) is 4.90 Å². The fourth-order valence-corrected chi connectivity index (χ4v) is 4.98. The summed E-state index contributed by atoms with van der Waals surface area (Å²) < 4.78 is 38.3. The summed E-state index contributed by atoms with van der Waals surface area (Å²) in [5.41, 5.74) is 0.654. The van der Waals surface area contributed by atoms with Crippen molar-refractivity contribution < 1.29 is 17.6 Å². The van der Waals surface area contributed by atoms with Gasteiger partial charge in [0.2, 0.25) is 0 Å². The topological polar surface area (TPSA) is 51.2 Å². The van der Waals surface area contributed by atoms with Gasteiger partial charge in [-0.3, -0.25) is 0 Å². The zero-order valence-electron chi connectivity index (χ0n) is 11.3. The molecule has 1 fully saturated rings. The molecule has 1 aliphatic carbocycles. The fraction of sp³-hybridized carbons (Fsp3) is 0.188. The van der Waals surface area contributed by atoms with Crippen LogP contribution in [0.1, 0.15) is 11.5 Å². The van der Waals surface area contributed by atoms with E-state index in [0.29, 0.717) is 16.9 Å². The van der Waals surface area contributed by atoms with Crippen LogP contribution in [0.3, 0.4) is 0 Å². The molecule has 0 radical (unpaired) electrons. The van der Waals surface area contributed by atoms with Crippen molar-refractivity contribution in [3.63, 3.8) is 0 Å². The van der Waals surface area contributed by atoms with Crippen LogP contribution in [-0.2, 0) is 14.6 Å². The summed E-state index contributed by atoms with van der Waals surface area (Å²) in [6.07, 6.45) is 0.659. The second kappa shape index (κ2) is 5.48. The first-order valence-corrected chi connectivity index (χ1v) is 8.58. The van der Waals surface area contributed by atoms with Crippen molar-refractivity contribution >= 4 is 27.7 Å². The minimum atomic E-state index is -3.63. The maximum absolute atomic E-state index is 13.0. The molecule has 0 aromatic heterocycles.